The summed E-state index contributed by atoms with van der Waals surface area (Å²) in [4.78, 5) is 0. The predicted octanol–water partition coefficient (Wildman–Crippen LogP) is 4.15. The lowest BCUT2D eigenvalue weighted by atomic mass is 10.0. The van der Waals surface area contributed by atoms with Crippen LogP contribution in [0.15, 0.2) is 54.6 Å². The van der Waals surface area contributed by atoms with Gasteiger partial charge in [0.25, 0.3) is 0 Å². The molecule has 0 radical (unpaired) electrons. The lowest BCUT2D eigenvalue weighted by Gasteiger charge is -2.00. The highest BCUT2D eigenvalue weighted by Crippen LogP contribution is 2.33. The van der Waals surface area contributed by atoms with Crippen molar-refractivity contribution in [2.75, 3.05) is 0 Å². The molecule has 1 aliphatic rings. The van der Waals surface area contributed by atoms with Crippen LogP contribution >= 0.6 is 0 Å². The minimum absolute atomic E-state index is 1.03. The maximum atomic E-state index is 3.89. The molecule has 1 aliphatic carbocycles. The van der Waals surface area contributed by atoms with E-state index in [1.165, 1.54) is 22.3 Å². The van der Waals surface area contributed by atoms with Gasteiger partial charge in [-0.3, -0.25) is 0 Å². The van der Waals surface area contributed by atoms with E-state index in [0.717, 1.165) is 12.8 Å². The Kier molecular flexibility index (Phi) is 2.86. The zero-order chi connectivity index (χ0) is 10.7. The molecular weight excluding hydrogens is 180 g/mol. The number of rotatable bonds is 3. The molecule has 0 atom stereocenters. The molecule has 0 saturated carbocycles. The van der Waals surface area contributed by atoms with Gasteiger partial charge in [-0.1, -0.05) is 56.0 Å². The second-order valence-electron chi connectivity index (χ2n) is 3.79. The summed E-state index contributed by atoms with van der Waals surface area (Å²) in [6.07, 6.45) is 8.53. The van der Waals surface area contributed by atoms with Gasteiger partial charge in [0.05, 0.1) is 0 Å². The molecule has 0 nitrogen and oxygen atoms in total. The van der Waals surface area contributed by atoms with Crippen LogP contribution in [0.1, 0.15) is 24.5 Å². The van der Waals surface area contributed by atoms with Crippen LogP contribution < -0.4 is 0 Å². The average Bonchev–Trinajstić information content (AvgIpc) is 2.64. The van der Waals surface area contributed by atoms with Gasteiger partial charge in [0, 0.05) is 0 Å². The highest BCUT2D eigenvalue weighted by atomic mass is 14.2. The minimum atomic E-state index is 1.03. The van der Waals surface area contributed by atoms with E-state index in [9.17, 15) is 0 Å². The van der Waals surface area contributed by atoms with Crippen molar-refractivity contribution in [2.45, 2.75) is 19.8 Å². The molecule has 0 saturated heterocycles. The number of hydrogen-bond donors (Lipinski definition) is 0. The summed E-state index contributed by atoms with van der Waals surface area (Å²) in [5, 5.41) is 0. The van der Waals surface area contributed by atoms with E-state index in [0.29, 0.717) is 0 Å². The molecule has 0 heterocycles. The van der Waals surface area contributed by atoms with Crippen molar-refractivity contribution in [3.63, 3.8) is 0 Å². The van der Waals surface area contributed by atoms with Crippen LogP contribution in [0.25, 0.3) is 5.57 Å². The third kappa shape index (κ3) is 1.80. The normalized spacial score (nSPS) is 14.7. The second kappa shape index (κ2) is 4.31. The van der Waals surface area contributed by atoms with E-state index in [1.807, 2.05) is 6.08 Å². The molecule has 0 aromatic heterocycles. The molecular formula is C15H16. The lowest BCUT2D eigenvalue weighted by Crippen LogP contribution is -1.80. The third-order valence-electron chi connectivity index (χ3n) is 2.80. The Morgan fingerprint density at radius 3 is 2.87 bits per heavy atom. The van der Waals surface area contributed by atoms with Crippen molar-refractivity contribution in [1.29, 1.82) is 0 Å². The quantitative estimate of drug-likeness (QED) is 0.681. The van der Waals surface area contributed by atoms with Gasteiger partial charge in [0.1, 0.15) is 0 Å². The fraction of sp³-hybridized carbons (Fsp3) is 0.200. The summed E-state index contributed by atoms with van der Waals surface area (Å²) >= 11 is 0. The van der Waals surface area contributed by atoms with Gasteiger partial charge < -0.3 is 0 Å². The second-order valence-corrected chi connectivity index (χ2v) is 3.79. The summed E-state index contributed by atoms with van der Waals surface area (Å²) in [6.45, 7) is 6.05. The Hall–Kier alpha value is -1.56. The monoisotopic (exact) mass is 196 g/mol. The number of hydrogen-bond acceptors (Lipinski definition) is 0. The van der Waals surface area contributed by atoms with Crippen LogP contribution in [0.5, 0.6) is 0 Å². The van der Waals surface area contributed by atoms with Crippen molar-refractivity contribution < 1.29 is 0 Å². The molecule has 1 aromatic rings. The fourth-order valence-corrected chi connectivity index (χ4v) is 2.03. The van der Waals surface area contributed by atoms with Gasteiger partial charge >= 0.3 is 0 Å². The maximum absolute atomic E-state index is 3.89. The predicted molar refractivity (Wildman–Crippen MR) is 66.7 cm³/mol. The first kappa shape index (κ1) is 9.97. The Bertz CT molecular complexity index is 433. The first-order chi connectivity index (χ1) is 7.36. The Balaban J connectivity index is 2.46. The fourth-order valence-electron chi connectivity index (χ4n) is 2.03. The van der Waals surface area contributed by atoms with Gasteiger partial charge in [0.15, 0.2) is 0 Å². The largest absolute Gasteiger partial charge is 0.0988 e. The SMILES string of the molecule is C=CC1=C(/C=C\CC)c2ccccc2C1. The molecule has 15 heavy (non-hydrogen) atoms. The smallest absolute Gasteiger partial charge is 0.00137 e. The van der Waals surface area contributed by atoms with E-state index in [4.69, 9.17) is 0 Å². The summed E-state index contributed by atoms with van der Waals surface area (Å²) in [6, 6.07) is 8.60. The van der Waals surface area contributed by atoms with Gasteiger partial charge in [-0.15, -0.1) is 0 Å². The maximum Gasteiger partial charge on any atom is -0.00137 e. The van der Waals surface area contributed by atoms with E-state index in [-0.39, 0.29) is 0 Å². The molecule has 0 heteroatoms. The molecule has 0 N–H and O–H groups in total. The number of fused-ring (bicyclic) bond motifs is 1. The van der Waals surface area contributed by atoms with Crippen molar-refractivity contribution in [2.24, 2.45) is 0 Å². The van der Waals surface area contributed by atoms with E-state index in [2.05, 4.69) is 49.9 Å². The standard InChI is InChI=1S/C15H16/c1-3-5-9-14-12(4-2)11-13-8-6-7-10-15(13)14/h4-10H,2-3,11H2,1H3/b9-5-. The van der Waals surface area contributed by atoms with Crippen molar-refractivity contribution in [3.8, 4) is 0 Å². The van der Waals surface area contributed by atoms with Crippen LogP contribution in [-0.4, -0.2) is 0 Å². The van der Waals surface area contributed by atoms with Crippen LogP contribution in [-0.2, 0) is 6.42 Å². The van der Waals surface area contributed by atoms with Crippen molar-refractivity contribution in [1.82, 2.24) is 0 Å². The Morgan fingerprint density at radius 2 is 2.13 bits per heavy atom. The molecule has 0 aliphatic heterocycles. The first-order valence-electron chi connectivity index (χ1n) is 5.47. The lowest BCUT2D eigenvalue weighted by molar-refractivity contribution is 1.22. The van der Waals surface area contributed by atoms with E-state index < -0.39 is 0 Å². The third-order valence-corrected chi connectivity index (χ3v) is 2.80. The summed E-state index contributed by atoms with van der Waals surface area (Å²) in [5.74, 6) is 0. The molecule has 0 amide bonds. The Morgan fingerprint density at radius 1 is 1.33 bits per heavy atom. The van der Waals surface area contributed by atoms with Crippen molar-refractivity contribution in [3.05, 3.63) is 65.8 Å². The van der Waals surface area contributed by atoms with Gasteiger partial charge in [-0.05, 0) is 35.1 Å². The molecule has 0 unspecified atom stereocenters. The molecule has 0 fully saturated rings. The number of allylic oxidation sites excluding steroid dienone is 5. The average molecular weight is 196 g/mol. The van der Waals surface area contributed by atoms with Gasteiger partial charge in [0.2, 0.25) is 0 Å². The molecule has 1 aromatic carbocycles. The van der Waals surface area contributed by atoms with Crippen LogP contribution in [0, 0.1) is 0 Å². The Labute approximate surface area is 91.6 Å². The zero-order valence-electron chi connectivity index (χ0n) is 9.16. The number of benzene rings is 1. The van der Waals surface area contributed by atoms with Crippen molar-refractivity contribution >= 4 is 5.57 Å². The summed E-state index contributed by atoms with van der Waals surface area (Å²) in [7, 11) is 0. The van der Waals surface area contributed by atoms with Crippen LogP contribution in [0.4, 0.5) is 0 Å². The van der Waals surface area contributed by atoms with Gasteiger partial charge in [-0.2, -0.15) is 0 Å². The minimum Gasteiger partial charge on any atom is -0.0988 e. The van der Waals surface area contributed by atoms with E-state index in [1.54, 1.807) is 0 Å². The zero-order valence-corrected chi connectivity index (χ0v) is 9.16. The first-order valence-corrected chi connectivity index (χ1v) is 5.47. The molecule has 76 valence electrons. The topological polar surface area (TPSA) is 0 Å². The highest BCUT2D eigenvalue weighted by molar-refractivity contribution is 5.84. The van der Waals surface area contributed by atoms with E-state index >= 15 is 0 Å². The molecule has 0 bridgehead atoms. The molecule has 0 spiro atoms. The van der Waals surface area contributed by atoms with Crippen LogP contribution in [0.2, 0.25) is 0 Å². The highest BCUT2D eigenvalue weighted by Gasteiger charge is 2.16. The summed E-state index contributed by atoms with van der Waals surface area (Å²) < 4.78 is 0. The summed E-state index contributed by atoms with van der Waals surface area (Å²) in [5.41, 5.74) is 5.49. The molecule has 2 rings (SSSR count). The van der Waals surface area contributed by atoms with Gasteiger partial charge in [-0.25, -0.2) is 0 Å². The van der Waals surface area contributed by atoms with Crippen LogP contribution in [0.3, 0.4) is 0 Å².